The summed E-state index contributed by atoms with van der Waals surface area (Å²) in [5.74, 6) is 1.24. The molecule has 1 N–H and O–H groups in total. The normalized spacial score (nSPS) is 11.1. The summed E-state index contributed by atoms with van der Waals surface area (Å²) in [4.78, 5) is 8.61. The van der Waals surface area contributed by atoms with E-state index in [-0.39, 0.29) is 0 Å². The Labute approximate surface area is 124 Å². The number of nitrogens with zero attached hydrogens (tertiary/aromatic N) is 3. The monoisotopic (exact) mass is 332 g/mol. The lowest BCUT2D eigenvalue weighted by atomic mass is 10.1. The molecule has 3 aromatic rings. The summed E-state index contributed by atoms with van der Waals surface area (Å²) in [7, 11) is 0. The molecule has 0 saturated heterocycles. The SMILES string of the molecule is Cc1nc(CNCc2ccc(Br)c3cccnc23)no1. The largest absolute Gasteiger partial charge is 0.340 e. The van der Waals surface area contributed by atoms with Crippen LogP contribution in [-0.2, 0) is 13.1 Å². The molecule has 0 saturated carbocycles. The number of aromatic nitrogens is 3. The maximum Gasteiger partial charge on any atom is 0.223 e. The standard InChI is InChI=1S/C14H13BrN4O/c1-9-18-13(19-20-9)8-16-7-10-4-5-12(15)11-3-2-6-17-14(10)11/h2-6,16H,7-8H2,1H3. The molecule has 102 valence electrons. The van der Waals surface area contributed by atoms with Crippen molar-refractivity contribution in [3.8, 4) is 0 Å². The number of aryl methyl sites for hydroxylation is 1. The molecule has 1 aromatic carbocycles. The van der Waals surface area contributed by atoms with Gasteiger partial charge >= 0.3 is 0 Å². The van der Waals surface area contributed by atoms with E-state index in [1.807, 2.05) is 12.1 Å². The van der Waals surface area contributed by atoms with Crippen LogP contribution in [0.15, 0.2) is 39.5 Å². The minimum atomic E-state index is 0.571. The molecule has 0 bridgehead atoms. The van der Waals surface area contributed by atoms with Crippen molar-refractivity contribution < 1.29 is 4.52 Å². The zero-order chi connectivity index (χ0) is 13.9. The Morgan fingerprint density at radius 1 is 1.25 bits per heavy atom. The summed E-state index contributed by atoms with van der Waals surface area (Å²) in [6.45, 7) is 3.05. The van der Waals surface area contributed by atoms with E-state index in [0.29, 0.717) is 24.8 Å². The van der Waals surface area contributed by atoms with Crippen molar-refractivity contribution in [3.63, 3.8) is 0 Å². The number of benzene rings is 1. The molecule has 20 heavy (non-hydrogen) atoms. The van der Waals surface area contributed by atoms with Crippen LogP contribution in [0.4, 0.5) is 0 Å². The molecule has 0 aliphatic heterocycles. The first-order chi connectivity index (χ1) is 9.74. The summed E-state index contributed by atoms with van der Waals surface area (Å²) in [6.07, 6.45) is 1.81. The van der Waals surface area contributed by atoms with E-state index in [0.717, 1.165) is 20.9 Å². The van der Waals surface area contributed by atoms with Gasteiger partial charge in [-0.3, -0.25) is 4.98 Å². The number of pyridine rings is 1. The molecule has 0 spiro atoms. The highest BCUT2D eigenvalue weighted by molar-refractivity contribution is 9.10. The van der Waals surface area contributed by atoms with Crippen LogP contribution in [-0.4, -0.2) is 15.1 Å². The third-order valence-corrected chi connectivity index (χ3v) is 3.66. The Morgan fingerprint density at radius 2 is 2.15 bits per heavy atom. The third-order valence-electron chi connectivity index (χ3n) is 2.97. The van der Waals surface area contributed by atoms with Crippen molar-refractivity contribution in [3.05, 3.63) is 52.2 Å². The van der Waals surface area contributed by atoms with E-state index < -0.39 is 0 Å². The molecule has 5 nitrogen and oxygen atoms in total. The first kappa shape index (κ1) is 13.2. The highest BCUT2D eigenvalue weighted by Crippen LogP contribution is 2.25. The lowest BCUT2D eigenvalue weighted by Gasteiger charge is -2.07. The molecule has 6 heteroatoms. The van der Waals surface area contributed by atoms with Crippen LogP contribution in [0.5, 0.6) is 0 Å². The maximum atomic E-state index is 4.93. The minimum Gasteiger partial charge on any atom is -0.340 e. The van der Waals surface area contributed by atoms with Crippen LogP contribution in [0, 0.1) is 6.92 Å². The molecule has 0 atom stereocenters. The second-order valence-electron chi connectivity index (χ2n) is 4.44. The molecule has 0 unspecified atom stereocenters. The highest BCUT2D eigenvalue weighted by atomic mass is 79.9. The van der Waals surface area contributed by atoms with E-state index >= 15 is 0 Å². The number of rotatable bonds is 4. The minimum absolute atomic E-state index is 0.571. The van der Waals surface area contributed by atoms with Crippen LogP contribution in [0.25, 0.3) is 10.9 Å². The van der Waals surface area contributed by atoms with Crippen LogP contribution >= 0.6 is 15.9 Å². The number of nitrogens with one attached hydrogen (secondary N) is 1. The average Bonchev–Trinajstić information content (AvgIpc) is 2.87. The molecule has 0 aliphatic rings. The quantitative estimate of drug-likeness (QED) is 0.795. The van der Waals surface area contributed by atoms with Gasteiger partial charge in [-0.25, -0.2) is 0 Å². The van der Waals surface area contributed by atoms with E-state index in [1.165, 1.54) is 0 Å². The Balaban J connectivity index is 1.76. The van der Waals surface area contributed by atoms with Crippen LogP contribution in [0.2, 0.25) is 0 Å². The van der Waals surface area contributed by atoms with Gasteiger partial charge < -0.3 is 9.84 Å². The molecule has 0 fully saturated rings. The Kier molecular flexibility index (Phi) is 3.75. The topological polar surface area (TPSA) is 63.8 Å². The number of fused-ring (bicyclic) bond motifs is 1. The molecule has 0 radical (unpaired) electrons. The van der Waals surface area contributed by atoms with Crippen LogP contribution < -0.4 is 5.32 Å². The molecule has 2 aromatic heterocycles. The van der Waals surface area contributed by atoms with Gasteiger partial charge in [0, 0.05) is 29.5 Å². The van der Waals surface area contributed by atoms with Gasteiger partial charge in [0.1, 0.15) is 0 Å². The van der Waals surface area contributed by atoms with E-state index in [4.69, 9.17) is 4.52 Å². The summed E-state index contributed by atoms with van der Waals surface area (Å²) >= 11 is 3.55. The van der Waals surface area contributed by atoms with Gasteiger partial charge in [0.2, 0.25) is 5.89 Å². The number of hydrogen-bond donors (Lipinski definition) is 1. The molecule has 0 amide bonds. The van der Waals surface area contributed by atoms with Crippen LogP contribution in [0.3, 0.4) is 0 Å². The maximum absolute atomic E-state index is 4.93. The van der Waals surface area contributed by atoms with Gasteiger partial charge in [0.15, 0.2) is 5.82 Å². The fraction of sp³-hybridized carbons (Fsp3) is 0.214. The Hall–Kier alpha value is -1.79. The molecular formula is C14H13BrN4O. The summed E-state index contributed by atoms with van der Waals surface area (Å²) in [5, 5.41) is 8.27. The van der Waals surface area contributed by atoms with Gasteiger partial charge in [0.25, 0.3) is 0 Å². The lowest BCUT2D eigenvalue weighted by Crippen LogP contribution is -2.14. The highest BCUT2D eigenvalue weighted by Gasteiger charge is 2.06. The molecule has 2 heterocycles. The lowest BCUT2D eigenvalue weighted by molar-refractivity contribution is 0.385. The van der Waals surface area contributed by atoms with Crippen molar-refractivity contribution in [1.82, 2.24) is 20.4 Å². The zero-order valence-corrected chi connectivity index (χ0v) is 12.5. The molecular weight excluding hydrogens is 320 g/mol. The predicted molar refractivity (Wildman–Crippen MR) is 79.0 cm³/mol. The van der Waals surface area contributed by atoms with Crippen molar-refractivity contribution >= 4 is 26.8 Å². The predicted octanol–water partition coefficient (Wildman–Crippen LogP) is 2.98. The van der Waals surface area contributed by atoms with Gasteiger partial charge in [-0.15, -0.1) is 0 Å². The number of hydrogen-bond acceptors (Lipinski definition) is 5. The molecule has 3 rings (SSSR count). The van der Waals surface area contributed by atoms with Crippen molar-refractivity contribution in [2.45, 2.75) is 20.0 Å². The summed E-state index contributed by atoms with van der Waals surface area (Å²) in [5.41, 5.74) is 2.14. The van der Waals surface area contributed by atoms with Gasteiger partial charge in [-0.2, -0.15) is 4.98 Å². The van der Waals surface area contributed by atoms with E-state index in [1.54, 1.807) is 13.1 Å². The fourth-order valence-corrected chi connectivity index (χ4v) is 2.51. The zero-order valence-electron chi connectivity index (χ0n) is 10.9. The first-order valence-corrected chi connectivity index (χ1v) is 7.05. The number of halogens is 1. The van der Waals surface area contributed by atoms with Gasteiger partial charge in [0.05, 0.1) is 12.1 Å². The molecule has 0 aliphatic carbocycles. The Bertz CT molecular complexity index is 741. The second-order valence-corrected chi connectivity index (χ2v) is 5.29. The average molecular weight is 333 g/mol. The fourth-order valence-electron chi connectivity index (χ4n) is 2.06. The summed E-state index contributed by atoms with van der Waals surface area (Å²) in [6, 6.07) is 8.10. The smallest absolute Gasteiger partial charge is 0.223 e. The van der Waals surface area contributed by atoms with Crippen molar-refractivity contribution in [2.75, 3.05) is 0 Å². The van der Waals surface area contributed by atoms with Crippen molar-refractivity contribution in [1.29, 1.82) is 0 Å². The second kappa shape index (κ2) is 5.68. The summed E-state index contributed by atoms with van der Waals surface area (Å²) < 4.78 is 5.99. The van der Waals surface area contributed by atoms with Crippen molar-refractivity contribution in [2.24, 2.45) is 0 Å². The van der Waals surface area contributed by atoms with Crippen LogP contribution in [0.1, 0.15) is 17.3 Å². The van der Waals surface area contributed by atoms with E-state index in [9.17, 15) is 0 Å². The Morgan fingerprint density at radius 3 is 2.95 bits per heavy atom. The van der Waals surface area contributed by atoms with E-state index in [2.05, 4.69) is 48.5 Å². The van der Waals surface area contributed by atoms with Gasteiger partial charge in [-0.05, 0) is 17.7 Å². The van der Waals surface area contributed by atoms with Gasteiger partial charge in [-0.1, -0.05) is 33.2 Å². The first-order valence-electron chi connectivity index (χ1n) is 6.26. The third kappa shape index (κ3) is 2.71.